The van der Waals surface area contributed by atoms with Crippen molar-refractivity contribution >= 4 is 17.3 Å². The lowest BCUT2D eigenvalue weighted by atomic mass is 10.1. The van der Waals surface area contributed by atoms with Gasteiger partial charge in [-0.3, -0.25) is 0 Å². The molecule has 2 heterocycles. The van der Waals surface area contributed by atoms with Gasteiger partial charge in [-0.1, -0.05) is 0 Å². The van der Waals surface area contributed by atoms with E-state index in [1.165, 1.54) is 31.1 Å². The highest BCUT2D eigenvalue weighted by Crippen LogP contribution is 2.28. The van der Waals surface area contributed by atoms with Gasteiger partial charge in [0.2, 0.25) is 5.82 Å². The smallest absolute Gasteiger partial charge is 0.381 e. The second-order valence-corrected chi connectivity index (χ2v) is 5.36. The first-order valence-corrected chi connectivity index (χ1v) is 7.54. The number of aryl methyl sites for hydroxylation is 2. The van der Waals surface area contributed by atoms with Gasteiger partial charge < -0.3 is 9.84 Å². The standard InChI is InChI=1S/C17H14N6O3/c1-10-3-12(4-11(2)15(10)24)22-23-13-5-20-16(21-6-13)17(25)26-14-7-18-9-19-8-14/h3-9,24H,1-2H3. The molecule has 0 aliphatic rings. The van der Waals surface area contributed by atoms with Gasteiger partial charge in [-0.2, -0.15) is 5.11 Å². The van der Waals surface area contributed by atoms with Crippen LogP contribution in [0.15, 0.2) is 53.5 Å². The van der Waals surface area contributed by atoms with Gasteiger partial charge in [0.1, 0.15) is 17.8 Å². The second kappa shape index (κ2) is 7.43. The molecule has 1 N–H and O–H groups in total. The molecule has 0 spiro atoms. The molecule has 3 rings (SSSR count). The number of carbonyl (C=O) groups excluding carboxylic acids is 1. The lowest BCUT2D eigenvalue weighted by Crippen LogP contribution is -2.12. The Kier molecular flexibility index (Phi) is 4.88. The summed E-state index contributed by atoms with van der Waals surface area (Å²) in [6, 6.07) is 3.42. The fourth-order valence-corrected chi connectivity index (χ4v) is 2.08. The Morgan fingerprint density at radius 3 is 2.15 bits per heavy atom. The Hall–Kier alpha value is -3.75. The van der Waals surface area contributed by atoms with Crippen LogP contribution in [-0.4, -0.2) is 31.0 Å². The van der Waals surface area contributed by atoms with Gasteiger partial charge in [0.05, 0.1) is 30.5 Å². The zero-order valence-corrected chi connectivity index (χ0v) is 14.0. The summed E-state index contributed by atoms with van der Waals surface area (Å²) in [6.07, 6.45) is 6.75. The van der Waals surface area contributed by atoms with Gasteiger partial charge in [-0.15, -0.1) is 5.11 Å². The van der Waals surface area contributed by atoms with E-state index >= 15 is 0 Å². The van der Waals surface area contributed by atoms with E-state index in [-0.39, 0.29) is 17.3 Å². The molecule has 0 radical (unpaired) electrons. The molecule has 0 aliphatic carbocycles. The maximum Gasteiger partial charge on any atom is 0.381 e. The molecule has 0 atom stereocenters. The third kappa shape index (κ3) is 4.01. The third-order valence-electron chi connectivity index (χ3n) is 3.32. The predicted octanol–water partition coefficient (Wildman–Crippen LogP) is 3.22. The molecule has 9 heteroatoms. The summed E-state index contributed by atoms with van der Waals surface area (Å²) >= 11 is 0. The normalized spacial score (nSPS) is 10.8. The fraction of sp³-hybridized carbons (Fsp3) is 0.118. The topological polar surface area (TPSA) is 123 Å². The highest BCUT2D eigenvalue weighted by atomic mass is 16.5. The zero-order valence-electron chi connectivity index (χ0n) is 14.0. The van der Waals surface area contributed by atoms with Gasteiger partial charge in [-0.25, -0.2) is 24.7 Å². The average Bonchev–Trinajstić information content (AvgIpc) is 2.65. The molecule has 26 heavy (non-hydrogen) atoms. The zero-order chi connectivity index (χ0) is 18.5. The van der Waals surface area contributed by atoms with E-state index in [4.69, 9.17) is 4.74 Å². The average molecular weight is 350 g/mol. The number of nitrogens with zero attached hydrogens (tertiary/aromatic N) is 6. The number of hydrogen-bond acceptors (Lipinski definition) is 9. The number of azo groups is 1. The minimum absolute atomic E-state index is 0.121. The van der Waals surface area contributed by atoms with Crippen LogP contribution in [0.5, 0.6) is 11.5 Å². The van der Waals surface area contributed by atoms with Crippen molar-refractivity contribution in [2.24, 2.45) is 10.2 Å². The van der Waals surface area contributed by atoms with Crippen LogP contribution in [0.2, 0.25) is 0 Å². The first kappa shape index (κ1) is 17.1. The van der Waals surface area contributed by atoms with Crippen LogP contribution in [-0.2, 0) is 0 Å². The minimum atomic E-state index is -0.729. The fourth-order valence-electron chi connectivity index (χ4n) is 2.08. The lowest BCUT2D eigenvalue weighted by molar-refractivity contribution is 0.0720. The second-order valence-electron chi connectivity index (χ2n) is 5.36. The minimum Gasteiger partial charge on any atom is -0.507 e. The van der Waals surface area contributed by atoms with Gasteiger partial charge in [-0.05, 0) is 37.1 Å². The van der Waals surface area contributed by atoms with Crippen molar-refractivity contribution in [1.29, 1.82) is 0 Å². The summed E-state index contributed by atoms with van der Waals surface area (Å²) in [5, 5.41) is 17.9. The van der Waals surface area contributed by atoms with E-state index in [1.807, 2.05) is 0 Å². The molecule has 1 aromatic carbocycles. The summed E-state index contributed by atoms with van der Waals surface area (Å²) in [6.45, 7) is 3.56. The van der Waals surface area contributed by atoms with Crippen LogP contribution in [0.25, 0.3) is 0 Å². The number of esters is 1. The van der Waals surface area contributed by atoms with E-state index in [0.717, 1.165) is 0 Å². The molecule has 0 bridgehead atoms. The first-order chi connectivity index (χ1) is 12.5. The van der Waals surface area contributed by atoms with Crippen LogP contribution in [0, 0.1) is 13.8 Å². The highest BCUT2D eigenvalue weighted by molar-refractivity contribution is 5.86. The van der Waals surface area contributed by atoms with Crippen molar-refractivity contribution in [3.05, 3.63) is 60.2 Å². The number of phenolic OH excluding ortho intramolecular Hbond substituents is 1. The van der Waals surface area contributed by atoms with Crippen LogP contribution < -0.4 is 4.74 Å². The Morgan fingerprint density at radius 2 is 1.54 bits per heavy atom. The summed E-state index contributed by atoms with van der Waals surface area (Å²) in [7, 11) is 0. The van der Waals surface area contributed by atoms with Crippen molar-refractivity contribution in [1.82, 2.24) is 19.9 Å². The van der Waals surface area contributed by atoms with Crippen molar-refractivity contribution in [2.45, 2.75) is 13.8 Å². The summed E-state index contributed by atoms with van der Waals surface area (Å²) in [5.74, 6) is -0.418. The highest BCUT2D eigenvalue weighted by Gasteiger charge is 2.12. The molecule has 130 valence electrons. The maximum absolute atomic E-state index is 11.9. The van der Waals surface area contributed by atoms with Gasteiger partial charge in [0.15, 0.2) is 5.75 Å². The molecule has 0 amide bonds. The van der Waals surface area contributed by atoms with Crippen LogP contribution in [0.1, 0.15) is 21.7 Å². The molecular weight excluding hydrogens is 336 g/mol. The maximum atomic E-state index is 11.9. The Labute approximate surface area is 148 Å². The molecule has 3 aromatic rings. The lowest BCUT2D eigenvalue weighted by Gasteiger charge is -2.03. The van der Waals surface area contributed by atoms with Crippen LogP contribution in [0.4, 0.5) is 11.4 Å². The number of phenols is 1. The van der Waals surface area contributed by atoms with Crippen molar-refractivity contribution in [3.8, 4) is 11.5 Å². The van der Waals surface area contributed by atoms with E-state index in [0.29, 0.717) is 22.5 Å². The third-order valence-corrected chi connectivity index (χ3v) is 3.32. The number of aromatic nitrogens is 4. The van der Waals surface area contributed by atoms with E-state index in [9.17, 15) is 9.90 Å². The van der Waals surface area contributed by atoms with Gasteiger partial charge in [0.25, 0.3) is 0 Å². The summed E-state index contributed by atoms with van der Waals surface area (Å²) in [4.78, 5) is 27.3. The van der Waals surface area contributed by atoms with Crippen molar-refractivity contribution < 1.29 is 14.6 Å². The number of hydrogen-bond donors (Lipinski definition) is 1. The Morgan fingerprint density at radius 1 is 0.962 bits per heavy atom. The molecule has 0 unspecified atom stereocenters. The number of rotatable bonds is 4. The number of benzene rings is 1. The van der Waals surface area contributed by atoms with Crippen LogP contribution >= 0.6 is 0 Å². The van der Waals surface area contributed by atoms with Crippen molar-refractivity contribution in [2.75, 3.05) is 0 Å². The number of carbonyl (C=O) groups is 1. The predicted molar refractivity (Wildman–Crippen MR) is 90.8 cm³/mol. The Bertz CT molecular complexity index is 935. The molecule has 0 fully saturated rings. The molecule has 0 saturated heterocycles. The largest absolute Gasteiger partial charge is 0.507 e. The van der Waals surface area contributed by atoms with Gasteiger partial charge in [0, 0.05) is 0 Å². The van der Waals surface area contributed by atoms with Crippen LogP contribution in [0.3, 0.4) is 0 Å². The molecular formula is C17H14N6O3. The SMILES string of the molecule is Cc1cc(N=Nc2cnc(C(=O)Oc3cncnc3)nc2)cc(C)c1O. The molecule has 0 saturated carbocycles. The molecule has 0 aliphatic heterocycles. The summed E-state index contributed by atoms with van der Waals surface area (Å²) < 4.78 is 5.04. The Balaban J connectivity index is 1.70. The molecule has 2 aromatic heterocycles. The van der Waals surface area contributed by atoms with Gasteiger partial charge >= 0.3 is 5.97 Å². The van der Waals surface area contributed by atoms with Crippen molar-refractivity contribution in [3.63, 3.8) is 0 Å². The van der Waals surface area contributed by atoms with E-state index in [1.54, 1.807) is 26.0 Å². The molecule has 9 nitrogen and oxygen atoms in total. The van der Waals surface area contributed by atoms with E-state index < -0.39 is 5.97 Å². The number of aromatic hydroxyl groups is 1. The van der Waals surface area contributed by atoms with E-state index in [2.05, 4.69) is 30.2 Å². The first-order valence-electron chi connectivity index (χ1n) is 7.54. The quantitative estimate of drug-likeness (QED) is 0.566. The number of ether oxygens (including phenoxy) is 1. The monoisotopic (exact) mass is 350 g/mol. The summed E-state index contributed by atoms with van der Waals surface area (Å²) in [5.41, 5.74) is 2.37.